The molecular weight excluding hydrogens is 368 g/mol. The van der Waals surface area contributed by atoms with Crippen molar-refractivity contribution in [1.82, 2.24) is 10.2 Å². The number of nitrogens with zero attached hydrogens (tertiary/aromatic N) is 3. The van der Waals surface area contributed by atoms with Gasteiger partial charge in [0.05, 0.1) is 20.8 Å². The van der Waals surface area contributed by atoms with Crippen molar-refractivity contribution < 1.29 is 14.3 Å². The highest BCUT2D eigenvalue weighted by Crippen LogP contribution is 2.27. The normalized spacial score (nSPS) is 13.1. The Morgan fingerprint density at radius 1 is 1.21 bits per heavy atom. The van der Waals surface area contributed by atoms with Crippen molar-refractivity contribution >= 4 is 17.6 Å². The van der Waals surface area contributed by atoms with Crippen molar-refractivity contribution in [2.24, 2.45) is 4.99 Å². The molecule has 0 aromatic heterocycles. The molecule has 0 atom stereocenters. The summed E-state index contributed by atoms with van der Waals surface area (Å²) in [6.45, 7) is 1.48. The third kappa shape index (κ3) is 4.62. The van der Waals surface area contributed by atoms with Gasteiger partial charge in [-0.1, -0.05) is 18.2 Å². The number of carbonyl (C=O) groups excluding carboxylic acids is 1. The average Bonchev–Trinajstić information content (AvgIpc) is 3.18. The van der Waals surface area contributed by atoms with Gasteiger partial charge >= 0.3 is 0 Å². The second-order valence-electron chi connectivity index (χ2n) is 6.86. The van der Waals surface area contributed by atoms with Gasteiger partial charge in [0.15, 0.2) is 5.96 Å². The van der Waals surface area contributed by atoms with Crippen LogP contribution in [0.2, 0.25) is 0 Å². The molecule has 7 heteroatoms. The fourth-order valence-electron chi connectivity index (χ4n) is 3.55. The lowest BCUT2D eigenvalue weighted by Crippen LogP contribution is -2.44. The van der Waals surface area contributed by atoms with E-state index >= 15 is 0 Å². The number of fused-ring (bicyclic) bond motifs is 1. The Balaban J connectivity index is 1.61. The molecule has 7 nitrogen and oxygen atoms in total. The zero-order valence-corrected chi connectivity index (χ0v) is 17.4. The van der Waals surface area contributed by atoms with Gasteiger partial charge in [-0.25, -0.2) is 0 Å². The lowest BCUT2D eigenvalue weighted by molar-refractivity contribution is -0.117. The first-order valence-corrected chi connectivity index (χ1v) is 9.58. The van der Waals surface area contributed by atoms with E-state index in [4.69, 9.17) is 9.47 Å². The first-order valence-electron chi connectivity index (χ1n) is 9.58. The summed E-state index contributed by atoms with van der Waals surface area (Å²) in [4.78, 5) is 20.8. The van der Waals surface area contributed by atoms with Crippen LogP contribution >= 0.6 is 0 Å². The third-order valence-electron chi connectivity index (χ3n) is 5.06. The van der Waals surface area contributed by atoms with E-state index in [1.807, 2.05) is 53.2 Å². The molecule has 1 amide bonds. The monoisotopic (exact) mass is 396 g/mol. The van der Waals surface area contributed by atoms with Gasteiger partial charge in [0.1, 0.15) is 11.5 Å². The summed E-state index contributed by atoms with van der Waals surface area (Å²) in [6.07, 6.45) is 0.897. The molecule has 1 aliphatic rings. The number of aliphatic imine (C=N–C) groups is 1. The number of carbonyl (C=O) groups is 1. The molecule has 1 N–H and O–H groups in total. The fraction of sp³-hybridized carbons (Fsp3) is 0.364. The minimum absolute atomic E-state index is 0.0338. The summed E-state index contributed by atoms with van der Waals surface area (Å²) in [5.74, 6) is 2.17. The predicted molar refractivity (Wildman–Crippen MR) is 115 cm³/mol. The van der Waals surface area contributed by atoms with Crippen molar-refractivity contribution in [3.05, 3.63) is 53.6 Å². The number of guanidine groups is 1. The Morgan fingerprint density at radius 3 is 2.72 bits per heavy atom. The average molecular weight is 396 g/mol. The van der Waals surface area contributed by atoms with Crippen LogP contribution in [0.3, 0.4) is 0 Å². The van der Waals surface area contributed by atoms with E-state index in [0.29, 0.717) is 12.5 Å². The van der Waals surface area contributed by atoms with Gasteiger partial charge in [-0.05, 0) is 30.2 Å². The molecule has 1 heterocycles. The van der Waals surface area contributed by atoms with Gasteiger partial charge < -0.3 is 24.6 Å². The van der Waals surface area contributed by atoms with Crippen LogP contribution in [0.1, 0.15) is 11.1 Å². The van der Waals surface area contributed by atoms with Gasteiger partial charge in [0, 0.05) is 44.5 Å². The molecule has 0 spiro atoms. The van der Waals surface area contributed by atoms with E-state index in [0.717, 1.165) is 35.7 Å². The van der Waals surface area contributed by atoms with Crippen molar-refractivity contribution in [1.29, 1.82) is 0 Å². The van der Waals surface area contributed by atoms with Crippen LogP contribution in [-0.4, -0.2) is 58.2 Å². The minimum Gasteiger partial charge on any atom is -0.497 e. The van der Waals surface area contributed by atoms with Gasteiger partial charge in [-0.15, -0.1) is 0 Å². The van der Waals surface area contributed by atoms with Crippen LogP contribution < -0.4 is 19.7 Å². The van der Waals surface area contributed by atoms with Crippen LogP contribution in [-0.2, 0) is 17.8 Å². The highest BCUT2D eigenvalue weighted by Gasteiger charge is 2.24. The molecule has 3 rings (SSSR count). The number of anilines is 1. The van der Waals surface area contributed by atoms with Crippen LogP contribution in [0.4, 0.5) is 5.69 Å². The number of benzene rings is 2. The summed E-state index contributed by atoms with van der Waals surface area (Å²) in [7, 11) is 6.90. The van der Waals surface area contributed by atoms with Crippen LogP contribution in [0.25, 0.3) is 0 Å². The van der Waals surface area contributed by atoms with Gasteiger partial charge in [-0.2, -0.15) is 0 Å². The van der Waals surface area contributed by atoms with E-state index in [1.165, 1.54) is 5.56 Å². The van der Waals surface area contributed by atoms with Crippen LogP contribution in [0.5, 0.6) is 11.5 Å². The molecule has 1 aliphatic heterocycles. The summed E-state index contributed by atoms with van der Waals surface area (Å²) in [5, 5.41) is 3.18. The van der Waals surface area contributed by atoms with Crippen LogP contribution in [0.15, 0.2) is 47.5 Å². The first-order chi connectivity index (χ1) is 14.1. The number of ether oxygens (including phenoxy) is 2. The Labute approximate surface area is 171 Å². The highest BCUT2D eigenvalue weighted by molar-refractivity contribution is 5.98. The van der Waals surface area contributed by atoms with Crippen molar-refractivity contribution in [3.63, 3.8) is 0 Å². The molecule has 0 saturated heterocycles. The fourth-order valence-corrected chi connectivity index (χ4v) is 3.55. The maximum absolute atomic E-state index is 12.7. The molecule has 0 aliphatic carbocycles. The summed E-state index contributed by atoms with van der Waals surface area (Å²) >= 11 is 0. The quantitative estimate of drug-likeness (QED) is 0.600. The molecule has 2 aromatic carbocycles. The Kier molecular flexibility index (Phi) is 6.59. The standard InChI is InChI=1S/C22H28N4O3/c1-23-22(25(2)15-17-9-10-18(28-3)13-20(17)29-4)24-14-21(27)26-12-11-16-7-5-6-8-19(16)26/h5-10,13H,11-12,14-15H2,1-4H3,(H,23,24). The van der Waals surface area contributed by atoms with Crippen molar-refractivity contribution in [3.8, 4) is 11.5 Å². The number of amides is 1. The van der Waals surface area contributed by atoms with Crippen molar-refractivity contribution in [2.45, 2.75) is 13.0 Å². The van der Waals surface area contributed by atoms with Crippen molar-refractivity contribution in [2.75, 3.05) is 46.3 Å². The summed E-state index contributed by atoms with van der Waals surface area (Å²) in [6, 6.07) is 13.8. The molecule has 2 aromatic rings. The van der Waals surface area contributed by atoms with E-state index < -0.39 is 0 Å². The topological polar surface area (TPSA) is 66.4 Å². The smallest absolute Gasteiger partial charge is 0.246 e. The lowest BCUT2D eigenvalue weighted by Gasteiger charge is -2.24. The largest absolute Gasteiger partial charge is 0.497 e. The molecular formula is C22H28N4O3. The molecule has 29 heavy (non-hydrogen) atoms. The molecule has 154 valence electrons. The van der Waals surface area contributed by atoms with Gasteiger partial charge in [0.25, 0.3) is 0 Å². The zero-order valence-electron chi connectivity index (χ0n) is 17.4. The highest BCUT2D eigenvalue weighted by atomic mass is 16.5. The maximum atomic E-state index is 12.7. The number of hydrogen-bond acceptors (Lipinski definition) is 4. The SMILES string of the molecule is CN=C(NCC(=O)N1CCc2ccccc21)N(C)Cc1ccc(OC)cc1OC. The molecule has 0 saturated carbocycles. The predicted octanol–water partition coefficient (Wildman–Crippen LogP) is 2.30. The molecule has 0 bridgehead atoms. The number of nitrogens with one attached hydrogen (secondary N) is 1. The Morgan fingerprint density at radius 2 is 2.00 bits per heavy atom. The maximum Gasteiger partial charge on any atom is 0.246 e. The second kappa shape index (κ2) is 9.32. The van der Waals surface area contributed by atoms with E-state index in [-0.39, 0.29) is 12.5 Å². The molecule has 0 fully saturated rings. The van der Waals surface area contributed by atoms with E-state index in [2.05, 4.69) is 16.4 Å². The Bertz CT molecular complexity index is 897. The van der Waals surface area contributed by atoms with E-state index in [9.17, 15) is 4.79 Å². The summed E-state index contributed by atoms with van der Waals surface area (Å²) < 4.78 is 10.7. The van der Waals surface area contributed by atoms with Crippen LogP contribution in [0, 0.1) is 0 Å². The first kappa shape index (κ1) is 20.5. The lowest BCUT2D eigenvalue weighted by atomic mass is 10.2. The minimum atomic E-state index is 0.0338. The number of para-hydroxylation sites is 1. The van der Waals surface area contributed by atoms with E-state index in [1.54, 1.807) is 21.3 Å². The third-order valence-corrected chi connectivity index (χ3v) is 5.06. The number of methoxy groups -OCH3 is 2. The molecule has 0 radical (unpaired) electrons. The second-order valence-corrected chi connectivity index (χ2v) is 6.86. The number of hydrogen-bond donors (Lipinski definition) is 1. The van der Waals surface area contributed by atoms with Gasteiger partial charge in [0.2, 0.25) is 5.91 Å². The number of rotatable bonds is 6. The summed E-state index contributed by atoms with van der Waals surface area (Å²) in [5.41, 5.74) is 3.22. The Hall–Kier alpha value is -3.22. The van der Waals surface area contributed by atoms with Gasteiger partial charge in [-0.3, -0.25) is 9.79 Å². The zero-order chi connectivity index (χ0) is 20.8. The molecule has 0 unspecified atom stereocenters.